The summed E-state index contributed by atoms with van der Waals surface area (Å²) >= 11 is 0. The Hall–Kier alpha value is -4.60. The first-order valence-corrected chi connectivity index (χ1v) is 11.1. The van der Waals surface area contributed by atoms with Gasteiger partial charge in [-0.25, -0.2) is 0 Å². The molecule has 0 fully saturated rings. The van der Waals surface area contributed by atoms with Crippen molar-refractivity contribution in [3.63, 3.8) is 0 Å². The van der Waals surface area contributed by atoms with Gasteiger partial charge in [0.2, 0.25) is 5.82 Å². The van der Waals surface area contributed by atoms with E-state index >= 15 is 0 Å². The van der Waals surface area contributed by atoms with Gasteiger partial charge in [0, 0.05) is 12.0 Å². The lowest BCUT2D eigenvalue weighted by Crippen LogP contribution is -2.24. The highest BCUT2D eigenvalue weighted by atomic mass is 16.6. The molecule has 0 saturated carbocycles. The molecule has 1 aliphatic rings. The van der Waals surface area contributed by atoms with Crippen LogP contribution in [0.3, 0.4) is 0 Å². The van der Waals surface area contributed by atoms with Crippen LogP contribution in [0.5, 0.6) is 23.0 Å². The van der Waals surface area contributed by atoms with Crippen molar-refractivity contribution in [1.82, 2.24) is 20.6 Å². The lowest BCUT2D eigenvalue weighted by atomic mass is 10.2. The van der Waals surface area contributed by atoms with Crippen LogP contribution in [0.25, 0.3) is 0 Å². The van der Waals surface area contributed by atoms with Crippen LogP contribution < -0.4 is 24.3 Å². The molecule has 35 heavy (non-hydrogen) atoms. The molecule has 2 N–H and O–H groups in total. The summed E-state index contributed by atoms with van der Waals surface area (Å²) in [6.07, 6.45) is 0.206. The number of carbonyl (C=O) groups excluding carboxylic acids is 1. The number of hydrogen-bond acceptors (Lipinski definition) is 8. The molecular formula is C25H23N5O5. The molecule has 10 nitrogen and oxygen atoms in total. The van der Waals surface area contributed by atoms with Crippen LogP contribution in [0.1, 0.15) is 28.7 Å². The third kappa shape index (κ3) is 5.49. The molecular weight excluding hydrogens is 450 g/mol. The lowest BCUT2D eigenvalue weighted by molar-refractivity contribution is 0.0856. The van der Waals surface area contributed by atoms with Gasteiger partial charge in [-0.2, -0.15) is 5.21 Å². The zero-order valence-corrected chi connectivity index (χ0v) is 18.7. The number of tetrazole rings is 1. The second-order valence-corrected chi connectivity index (χ2v) is 7.66. The molecule has 0 saturated heterocycles. The zero-order valence-electron chi connectivity index (χ0n) is 18.7. The summed E-state index contributed by atoms with van der Waals surface area (Å²) in [7, 11) is 0. The molecule has 0 spiro atoms. The molecule has 3 aromatic carbocycles. The fraction of sp³-hybridized carbons (Fsp3) is 0.200. The van der Waals surface area contributed by atoms with Crippen LogP contribution >= 0.6 is 0 Å². The number of amides is 1. The van der Waals surface area contributed by atoms with Crippen molar-refractivity contribution >= 4 is 11.6 Å². The van der Waals surface area contributed by atoms with E-state index in [9.17, 15) is 4.79 Å². The van der Waals surface area contributed by atoms with Crippen molar-refractivity contribution in [2.45, 2.75) is 12.5 Å². The Labute approximate surface area is 201 Å². The number of carbonyl (C=O) groups is 1. The number of para-hydroxylation sites is 2. The van der Waals surface area contributed by atoms with Gasteiger partial charge in [0.15, 0.2) is 17.6 Å². The smallest absolute Gasteiger partial charge is 0.255 e. The molecule has 0 radical (unpaired) electrons. The van der Waals surface area contributed by atoms with E-state index in [4.69, 9.17) is 18.9 Å². The van der Waals surface area contributed by atoms with E-state index in [0.29, 0.717) is 47.5 Å². The molecule has 1 atom stereocenters. The van der Waals surface area contributed by atoms with Gasteiger partial charge in [-0.05, 0) is 48.5 Å². The van der Waals surface area contributed by atoms with Crippen molar-refractivity contribution < 1.29 is 23.7 Å². The number of anilines is 1. The highest BCUT2D eigenvalue weighted by Crippen LogP contribution is 2.41. The maximum Gasteiger partial charge on any atom is 0.255 e. The molecule has 5 rings (SSSR count). The number of nitrogens with one attached hydrogen (secondary N) is 2. The predicted octanol–water partition coefficient (Wildman–Crippen LogP) is 3.81. The number of ether oxygens (including phenoxy) is 4. The molecule has 1 aliphatic heterocycles. The highest BCUT2D eigenvalue weighted by molar-refractivity contribution is 6.05. The lowest BCUT2D eigenvalue weighted by Gasteiger charge is -2.26. The fourth-order valence-corrected chi connectivity index (χ4v) is 3.48. The Balaban J connectivity index is 1.14. The van der Waals surface area contributed by atoms with Crippen LogP contribution in [0.4, 0.5) is 5.69 Å². The summed E-state index contributed by atoms with van der Waals surface area (Å²) in [6.45, 7) is 1.31. The van der Waals surface area contributed by atoms with Gasteiger partial charge in [-0.15, -0.1) is 10.2 Å². The summed E-state index contributed by atoms with van der Waals surface area (Å²) in [5.41, 5.74) is 0.966. The number of aromatic amines is 1. The second-order valence-electron chi connectivity index (χ2n) is 7.66. The molecule has 178 valence electrons. The van der Waals surface area contributed by atoms with Gasteiger partial charge in [-0.3, -0.25) is 4.79 Å². The van der Waals surface area contributed by atoms with E-state index in [0.717, 1.165) is 12.2 Å². The molecule has 0 bridgehead atoms. The first-order valence-electron chi connectivity index (χ1n) is 11.1. The molecule has 0 aliphatic carbocycles. The Morgan fingerprint density at radius 1 is 0.971 bits per heavy atom. The summed E-state index contributed by atoms with van der Waals surface area (Å²) in [5.74, 6) is 2.55. The minimum absolute atomic E-state index is 0.240. The minimum Gasteiger partial charge on any atom is -0.493 e. The zero-order chi connectivity index (χ0) is 23.9. The normalized spacial score (nSPS) is 14.2. The maximum atomic E-state index is 12.9. The van der Waals surface area contributed by atoms with Crippen LogP contribution in [0.15, 0.2) is 72.8 Å². The van der Waals surface area contributed by atoms with Crippen LogP contribution in [-0.2, 0) is 0 Å². The summed E-state index contributed by atoms with van der Waals surface area (Å²) in [5, 5.41) is 16.7. The monoisotopic (exact) mass is 473 g/mol. The van der Waals surface area contributed by atoms with E-state index in [1.165, 1.54) is 0 Å². The van der Waals surface area contributed by atoms with E-state index in [2.05, 4.69) is 25.9 Å². The molecule has 1 unspecified atom stereocenters. The van der Waals surface area contributed by atoms with Crippen molar-refractivity contribution in [2.24, 2.45) is 0 Å². The number of rotatable bonds is 9. The molecule has 1 aromatic heterocycles. The van der Waals surface area contributed by atoms with E-state index < -0.39 is 6.10 Å². The average Bonchev–Trinajstić information content (AvgIpc) is 3.45. The predicted molar refractivity (Wildman–Crippen MR) is 126 cm³/mol. The second kappa shape index (κ2) is 10.6. The molecule has 1 amide bonds. The first-order chi connectivity index (χ1) is 17.3. The number of aromatic nitrogens is 4. The maximum absolute atomic E-state index is 12.9. The fourth-order valence-electron chi connectivity index (χ4n) is 3.48. The van der Waals surface area contributed by atoms with E-state index in [1.54, 1.807) is 42.5 Å². The number of nitrogens with zero attached hydrogens (tertiary/aromatic N) is 3. The third-order valence-corrected chi connectivity index (χ3v) is 5.21. The number of H-pyrrole nitrogens is 1. The van der Waals surface area contributed by atoms with E-state index in [-0.39, 0.29) is 12.5 Å². The van der Waals surface area contributed by atoms with Crippen molar-refractivity contribution in [1.29, 1.82) is 0 Å². The Morgan fingerprint density at radius 2 is 1.74 bits per heavy atom. The van der Waals surface area contributed by atoms with Gasteiger partial charge in [0.05, 0.1) is 18.9 Å². The van der Waals surface area contributed by atoms with Gasteiger partial charge in [0.25, 0.3) is 5.91 Å². The summed E-state index contributed by atoms with van der Waals surface area (Å²) in [6, 6.07) is 21.9. The Bertz CT molecular complexity index is 1250. The van der Waals surface area contributed by atoms with Gasteiger partial charge in [-0.1, -0.05) is 29.5 Å². The Morgan fingerprint density at radius 3 is 2.49 bits per heavy atom. The van der Waals surface area contributed by atoms with Gasteiger partial charge in [0.1, 0.15) is 18.1 Å². The highest BCUT2D eigenvalue weighted by Gasteiger charge is 2.28. The number of hydrogen-bond donors (Lipinski definition) is 2. The van der Waals surface area contributed by atoms with Crippen LogP contribution in [0.2, 0.25) is 0 Å². The largest absolute Gasteiger partial charge is 0.493 e. The van der Waals surface area contributed by atoms with E-state index in [1.807, 2.05) is 30.3 Å². The topological polar surface area (TPSA) is 120 Å². The SMILES string of the molecule is O=C(Nc1cccc2c1OC(c1nn[nH]n1)CO2)c1ccc(OCCCOc2ccccc2)cc1. The van der Waals surface area contributed by atoms with Gasteiger partial charge < -0.3 is 24.3 Å². The number of fused-ring (bicyclic) bond motifs is 1. The minimum atomic E-state index is -0.533. The van der Waals surface area contributed by atoms with Crippen LogP contribution in [-0.4, -0.2) is 46.4 Å². The van der Waals surface area contributed by atoms with Gasteiger partial charge >= 0.3 is 0 Å². The average molecular weight is 473 g/mol. The van der Waals surface area contributed by atoms with Crippen LogP contribution in [0, 0.1) is 0 Å². The Kier molecular flexibility index (Phi) is 6.70. The third-order valence-electron chi connectivity index (χ3n) is 5.21. The first kappa shape index (κ1) is 22.2. The quantitative estimate of drug-likeness (QED) is 0.352. The number of benzene rings is 3. The molecule has 4 aromatic rings. The molecule has 10 heteroatoms. The summed E-state index contributed by atoms with van der Waals surface area (Å²) in [4.78, 5) is 12.9. The summed E-state index contributed by atoms with van der Waals surface area (Å²) < 4.78 is 23.2. The molecule has 2 heterocycles. The van der Waals surface area contributed by atoms with Crippen molar-refractivity contribution in [3.8, 4) is 23.0 Å². The van der Waals surface area contributed by atoms with Crippen molar-refractivity contribution in [2.75, 3.05) is 25.1 Å². The standard InChI is InChI=1S/C25H23N5O5/c31-25(17-10-12-19(13-11-17)33-15-5-14-32-18-6-2-1-3-7-18)26-20-8-4-9-21-23(20)35-22(16-34-21)24-27-29-30-28-24/h1-4,6-13,22H,5,14-16H2,(H,26,31)(H,27,28,29,30). The van der Waals surface area contributed by atoms with Crippen molar-refractivity contribution in [3.05, 3.63) is 84.2 Å².